The van der Waals surface area contributed by atoms with Gasteiger partial charge in [0.2, 0.25) is 11.8 Å². The van der Waals surface area contributed by atoms with Gasteiger partial charge in [0.1, 0.15) is 18.3 Å². The minimum atomic E-state index is -4.20. The summed E-state index contributed by atoms with van der Waals surface area (Å²) < 4.78 is 34.3. The Hall–Kier alpha value is -3.56. The molecule has 0 bridgehead atoms. The van der Waals surface area contributed by atoms with Gasteiger partial charge < -0.3 is 15.0 Å². The predicted molar refractivity (Wildman–Crippen MR) is 153 cm³/mol. The van der Waals surface area contributed by atoms with Crippen LogP contribution >= 0.6 is 11.6 Å². The van der Waals surface area contributed by atoms with Gasteiger partial charge in [-0.1, -0.05) is 59.6 Å². The van der Waals surface area contributed by atoms with Crippen LogP contribution in [0, 0.1) is 6.92 Å². The lowest BCUT2D eigenvalue weighted by Crippen LogP contribution is -2.52. The third-order valence-electron chi connectivity index (χ3n) is 6.14. The summed E-state index contributed by atoms with van der Waals surface area (Å²) in [6, 6.07) is 18.9. The van der Waals surface area contributed by atoms with Crippen LogP contribution in [0.1, 0.15) is 31.9 Å². The number of sulfonamides is 1. The molecule has 0 aliphatic rings. The van der Waals surface area contributed by atoms with Crippen molar-refractivity contribution >= 4 is 39.1 Å². The number of methoxy groups -OCH3 is 1. The molecule has 0 saturated heterocycles. The number of halogens is 1. The predicted octanol–water partition coefficient (Wildman–Crippen LogP) is 4.79. The minimum Gasteiger partial charge on any atom is -0.495 e. The molecule has 0 aliphatic heterocycles. The molecule has 0 unspecified atom stereocenters. The molecule has 10 heteroatoms. The van der Waals surface area contributed by atoms with Crippen molar-refractivity contribution in [1.82, 2.24) is 10.2 Å². The lowest BCUT2D eigenvalue weighted by Gasteiger charge is -2.32. The number of anilines is 1. The number of rotatable bonds is 11. The zero-order chi connectivity index (χ0) is 28.7. The summed E-state index contributed by atoms with van der Waals surface area (Å²) >= 11 is 6.39. The van der Waals surface area contributed by atoms with Crippen molar-refractivity contribution < 1.29 is 22.7 Å². The lowest BCUT2D eigenvalue weighted by atomic mass is 10.1. The fourth-order valence-corrected chi connectivity index (χ4v) is 5.60. The van der Waals surface area contributed by atoms with E-state index in [0.29, 0.717) is 10.6 Å². The summed E-state index contributed by atoms with van der Waals surface area (Å²) in [5.41, 5.74) is 1.72. The molecular weight excluding hydrogens is 538 g/mol. The van der Waals surface area contributed by atoms with Gasteiger partial charge in [0.25, 0.3) is 10.0 Å². The van der Waals surface area contributed by atoms with Crippen molar-refractivity contribution in [1.29, 1.82) is 0 Å². The number of carbonyl (C=O) groups is 2. The number of ether oxygens (including phenoxy) is 1. The largest absolute Gasteiger partial charge is 0.495 e. The summed E-state index contributed by atoms with van der Waals surface area (Å²) in [6.45, 7) is 6.54. The topological polar surface area (TPSA) is 96.0 Å². The van der Waals surface area contributed by atoms with Crippen LogP contribution < -0.4 is 14.4 Å². The number of para-hydroxylation sites is 2. The van der Waals surface area contributed by atoms with Crippen molar-refractivity contribution in [3.8, 4) is 5.75 Å². The van der Waals surface area contributed by atoms with Crippen LogP contribution in [0.25, 0.3) is 0 Å². The van der Waals surface area contributed by atoms with Crippen LogP contribution in [-0.4, -0.2) is 50.9 Å². The summed E-state index contributed by atoms with van der Waals surface area (Å²) in [5, 5.41) is 3.26. The number of benzene rings is 3. The minimum absolute atomic E-state index is 0.00946. The maximum absolute atomic E-state index is 14.0. The van der Waals surface area contributed by atoms with E-state index >= 15 is 0 Å². The molecule has 0 spiro atoms. The molecule has 0 fully saturated rings. The number of nitrogens with one attached hydrogen (secondary N) is 1. The Balaban J connectivity index is 2.08. The Morgan fingerprint density at radius 1 is 0.949 bits per heavy atom. The Bertz CT molecular complexity index is 1410. The molecule has 0 radical (unpaired) electrons. The van der Waals surface area contributed by atoms with E-state index in [4.69, 9.17) is 16.3 Å². The van der Waals surface area contributed by atoms with Crippen molar-refractivity contribution in [3.63, 3.8) is 0 Å². The van der Waals surface area contributed by atoms with Gasteiger partial charge in [-0.15, -0.1) is 0 Å². The van der Waals surface area contributed by atoms with Crippen LogP contribution in [0.4, 0.5) is 5.69 Å². The molecule has 8 nitrogen and oxygen atoms in total. The number of aryl methyl sites for hydroxylation is 1. The zero-order valence-corrected chi connectivity index (χ0v) is 24.3. The van der Waals surface area contributed by atoms with Crippen LogP contribution in [0.2, 0.25) is 5.02 Å². The van der Waals surface area contributed by atoms with Crippen molar-refractivity contribution in [2.45, 2.75) is 51.2 Å². The summed E-state index contributed by atoms with van der Waals surface area (Å²) in [5.74, 6) is -0.664. The molecule has 0 aromatic heterocycles. The van der Waals surface area contributed by atoms with Crippen molar-refractivity contribution in [2.75, 3.05) is 18.0 Å². The monoisotopic (exact) mass is 571 g/mol. The number of amides is 2. The molecule has 1 N–H and O–H groups in total. The first kappa shape index (κ1) is 30.0. The van der Waals surface area contributed by atoms with Crippen LogP contribution in [0.3, 0.4) is 0 Å². The molecule has 39 heavy (non-hydrogen) atoms. The van der Waals surface area contributed by atoms with Gasteiger partial charge in [-0.25, -0.2) is 8.42 Å². The molecular formula is C29H34ClN3O5S. The molecule has 1 atom stereocenters. The number of hydrogen-bond donors (Lipinski definition) is 1. The summed E-state index contributed by atoms with van der Waals surface area (Å²) in [4.78, 5) is 28.3. The Morgan fingerprint density at radius 2 is 1.56 bits per heavy atom. The Morgan fingerprint density at radius 3 is 2.18 bits per heavy atom. The highest BCUT2D eigenvalue weighted by atomic mass is 35.5. The van der Waals surface area contributed by atoms with Gasteiger partial charge in [-0.2, -0.15) is 0 Å². The average Bonchev–Trinajstić information content (AvgIpc) is 2.90. The second-order valence-electron chi connectivity index (χ2n) is 9.45. The third kappa shape index (κ3) is 7.30. The van der Waals surface area contributed by atoms with Gasteiger partial charge in [0.15, 0.2) is 0 Å². The van der Waals surface area contributed by atoms with E-state index in [-0.39, 0.29) is 34.8 Å². The normalized spacial score (nSPS) is 12.1. The van der Waals surface area contributed by atoms with Crippen molar-refractivity contribution in [3.05, 3.63) is 88.9 Å². The first-order chi connectivity index (χ1) is 18.4. The van der Waals surface area contributed by atoms with E-state index in [1.807, 2.05) is 20.8 Å². The first-order valence-corrected chi connectivity index (χ1v) is 14.3. The van der Waals surface area contributed by atoms with Gasteiger partial charge in [-0.3, -0.25) is 13.9 Å². The molecule has 0 heterocycles. The molecule has 3 rings (SSSR count). The average molecular weight is 572 g/mol. The number of carbonyl (C=O) groups excluding carboxylic acids is 2. The van der Waals surface area contributed by atoms with Gasteiger partial charge in [-0.05, 0) is 63.6 Å². The Kier molecular flexibility index (Phi) is 9.99. The standard InChI is InChI=1S/C29H34ClN3O5S/c1-20(2)31-29(35)22(4)32(18-23-10-6-7-11-25(23)30)28(34)19-33(26-12-8-9-13-27(26)38-5)39(36,37)24-16-14-21(3)15-17-24/h6-17,20,22H,18-19H2,1-5H3,(H,31,35)/t22-/m1/s1. The molecule has 0 aliphatic carbocycles. The third-order valence-corrected chi connectivity index (χ3v) is 8.28. The van der Waals surface area contributed by atoms with E-state index in [2.05, 4.69) is 5.32 Å². The van der Waals surface area contributed by atoms with E-state index in [1.54, 1.807) is 67.6 Å². The molecule has 2 amide bonds. The number of hydrogen-bond acceptors (Lipinski definition) is 5. The quantitative estimate of drug-likeness (QED) is 0.357. The maximum atomic E-state index is 14.0. The fraction of sp³-hybridized carbons (Fsp3) is 0.310. The van der Waals surface area contributed by atoms with Gasteiger partial charge in [0, 0.05) is 17.6 Å². The second-order valence-corrected chi connectivity index (χ2v) is 11.7. The second kappa shape index (κ2) is 13.0. The highest BCUT2D eigenvalue weighted by Crippen LogP contribution is 2.32. The van der Waals surface area contributed by atoms with Crippen LogP contribution in [0.15, 0.2) is 77.7 Å². The van der Waals surface area contributed by atoms with E-state index < -0.39 is 28.5 Å². The van der Waals surface area contributed by atoms with Gasteiger partial charge in [0.05, 0.1) is 17.7 Å². The van der Waals surface area contributed by atoms with Crippen molar-refractivity contribution in [2.24, 2.45) is 0 Å². The number of nitrogens with zero attached hydrogens (tertiary/aromatic N) is 2. The van der Waals surface area contributed by atoms with Gasteiger partial charge >= 0.3 is 0 Å². The SMILES string of the molecule is COc1ccccc1N(CC(=O)N(Cc1ccccc1Cl)[C@H](C)C(=O)NC(C)C)S(=O)(=O)c1ccc(C)cc1. The van der Waals surface area contributed by atoms with E-state index in [1.165, 1.54) is 24.1 Å². The highest BCUT2D eigenvalue weighted by molar-refractivity contribution is 7.92. The first-order valence-electron chi connectivity index (χ1n) is 12.5. The Labute approximate surface area is 235 Å². The van der Waals surface area contributed by atoms with Crippen LogP contribution in [-0.2, 0) is 26.2 Å². The highest BCUT2D eigenvalue weighted by Gasteiger charge is 2.34. The molecule has 3 aromatic rings. The van der Waals surface area contributed by atoms with E-state index in [9.17, 15) is 18.0 Å². The molecule has 3 aromatic carbocycles. The summed E-state index contributed by atoms with van der Waals surface area (Å²) in [7, 11) is -2.77. The summed E-state index contributed by atoms with van der Waals surface area (Å²) in [6.07, 6.45) is 0. The maximum Gasteiger partial charge on any atom is 0.264 e. The molecule has 208 valence electrons. The smallest absolute Gasteiger partial charge is 0.264 e. The molecule has 0 saturated carbocycles. The van der Waals surface area contributed by atoms with E-state index in [0.717, 1.165) is 9.87 Å². The zero-order valence-electron chi connectivity index (χ0n) is 22.7. The van der Waals surface area contributed by atoms with Crippen LogP contribution in [0.5, 0.6) is 5.75 Å². The fourth-order valence-electron chi connectivity index (χ4n) is 3.98. The lowest BCUT2D eigenvalue weighted by molar-refractivity contribution is -0.139.